The predicted octanol–water partition coefficient (Wildman–Crippen LogP) is 3.55. The SMILES string of the molecule is O=C(c1ccc(Br)cc1F)c1nc2c(n1Cc1ccccc1)CN(C(=O)O)C(C(=O)O)C2. The average Bonchev–Trinajstić information content (AvgIpc) is 3.10. The number of carbonyl (C=O) groups excluding carboxylic acids is 1. The van der Waals surface area contributed by atoms with E-state index in [1.165, 1.54) is 18.2 Å². The molecule has 0 spiro atoms. The van der Waals surface area contributed by atoms with E-state index in [4.69, 9.17) is 0 Å². The molecule has 1 unspecified atom stereocenters. The van der Waals surface area contributed by atoms with Gasteiger partial charge in [-0.25, -0.2) is 19.0 Å². The summed E-state index contributed by atoms with van der Waals surface area (Å²) in [4.78, 5) is 41.8. The van der Waals surface area contributed by atoms with Gasteiger partial charge in [-0.05, 0) is 23.8 Å². The summed E-state index contributed by atoms with van der Waals surface area (Å²) in [5.41, 5.74) is 1.36. The van der Waals surface area contributed by atoms with Crippen molar-refractivity contribution < 1.29 is 29.0 Å². The van der Waals surface area contributed by atoms with Crippen LogP contribution in [0.4, 0.5) is 9.18 Å². The van der Waals surface area contributed by atoms with Crippen LogP contribution in [0.15, 0.2) is 53.0 Å². The number of fused-ring (bicyclic) bond motifs is 1. The lowest BCUT2D eigenvalue weighted by Crippen LogP contribution is -2.48. The van der Waals surface area contributed by atoms with Crippen molar-refractivity contribution in [3.8, 4) is 0 Å². The first-order valence-corrected chi connectivity index (χ1v) is 10.4. The maximum atomic E-state index is 14.5. The number of aliphatic carboxylic acids is 1. The minimum absolute atomic E-state index is 0.0727. The fourth-order valence-electron chi connectivity index (χ4n) is 3.77. The number of hydrogen-bond acceptors (Lipinski definition) is 4. The molecule has 1 atom stereocenters. The van der Waals surface area contributed by atoms with Crippen molar-refractivity contribution in [2.24, 2.45) is 0 Å². The van der Waals surface area contributed by atoms with Crippen LogP contribution in [0.3, 0.4) is 0 Å². The van der Waals surface area contributed by atoms with Crippen molar-refractivity contribution in [1.82, 2.24) is 14.5 Å². The van der Waals surface area contributed by atoms with Gasteiger partial charge < -0.3 is 14.8 Å². The summed E-state index contributed by atoms with van der Waals surface area (Å²) < 4.78 is 16.5. The molecular weight excluding hydrogens is 485 g/mol. The third kappa shape index (κ3) is 4.01. The van der Waals surface area contributed by atoms with Crippen LogP contribution < -0.4 is 0 Å². The van der Waals surface area contributed by atoms with E-state index in [0.717, 1.165) is 10.5 Å². The molecule has 2 heterocycles. The lowest BCUT2D eigenvalue weighted by molar-refractivity contribution is -0.143. The van der Waals surface area contributed by atoms with E-state index in [9.17, 15) is 29.0 Å². The number of carbonyl (C=O) groups is 3. The van der Waals surface area contributed by atoms with Gasteiger partial charge in [0.15, 0.2) is 5.82 Å². The van der Waals surface area contributed by atoms with Gasteiger partial charge in [-0.15, -0.1) is 0 Å². The smallest absolute Gasteiger partial charge is 0.408 e. The van der Waals surface area contributed by atoms with Crippen LogP contribution in [0.2, 0.25) is 0 Å². The van der Waals surface area contributed by atoms with Crippen LogP contribution in [-0.4, -0.2) is 48.6 Å². The second-order valence-corrected chi connectivity index (χ2v) is 8.24. The summed E-state index contributed by atoms with van der Waals surface area (Å²) in [6, 6.07) is 11.9. The number of imidazole rings is 1. The van der Waals surface area contributed by atoms with Gasteiger partial charge in [-0.1, -0.05) is 46.3 Å². The molecule has 2 N–H and O–H groups in total. The van der Waals surface area contributed by atoms with E-state index in [0.29, 0.717) is 15.9 Å². The van der Waals surface area contributed by atoms with Crippen LogP contribution in [0.5, 0.6) is 0 Å². The Labute approximate surface area is 190 Å². The maximum absolute atomic E-state index is 14.5. The molecule has 0 radical (unpaired) electrons. The Kier molecular flexibility index (Phi) is 5.79. The zero-order valence-corrected chi connectivity index (χ0v) is 18.1. The summed E-state index contributed by atoms with van der Waals surface area (Å²) in [6.45, 7) is -0.0643. The third-order valence-electron chi connectivity index (χ3n) is 5.33. The van der Waals surface area contributed by atoms with E-state index in [2.05, 4.69) is 20.9 Å². The molecule has 3 aromatic rings. The van der Waals surface area contributed by atoms with Crippen LogP contribution >= 0.6 is 15.9 Å². The molecule has 164 valence electrons. The fourth-order valence-corrected chi connectivity index (χ4v) is 4.10. The van der Waals surface area contributed by atoms with Crippen molar-refractivity contribution in [2.45, 2.75) is 25.6 Å². The van der Waals surface area contributed by atoms with E-state index < -0.39 is 29.7 Å². The number of hydrogen-bond donors (Lipinski definition) is 2. The first-order valence-electron chi connectivity index (χ1n) is 9.60. The quantitative estimate of drug-likeness (QED) is 0.517. The molecule has 0 fully saturated rings. The van der Waals surface area contributed by atoms with E-state index >= 15 is 0 Å². The molecule has 1 aliphatic rings. The molecule has 0 saturated carbocycles. The van der Waals surface area contributed by atoms with Gasteiger partial charge in [0.05, 0.1) is 23.5 Å². The number of carboxylic acids is 1. The van der Waals surface area contributed by atoms with E-state index in [1.54, 1.807) is 4.57 Å². The standard InChI is InChI=1S/C22H17BrFN3O5/c23-13-6-7-14(15(24)8-13)19(28)20-25-16-9-17(21(29)30)27(22(31)32)11-18(16)26(20)10-12-4-2-1-3-5-12/h1-8,17H,9-11H2,(H,29,30)(H,31,32). The normalized spacial score (nSPS) is 15.3. The second kappa shape index (κ2) is 8.54. The third-order valence-corrected chi connectivity index (χ3v) is 5.82. The largest absolute Gasteiger partial charge is 0.480 e. The van der Waals surface area contributed by atoms with Crippen LogP contribution in [0.1, 0.15) is 33.1 Å². The number of benzene rings is 2. The van der Waals surface area contributed by atoms with Gasteiger partial charge in [-0.3, -0.25) is 9.69 Å². The number of carboxylic acid groups (broad SMARTS) is 2. The minimum Gasteiger partial charge on any atom is -0.480 e. The van der Waals surface area contributed by atoms with Crippen molar-refractivity contribution >= 4 is 33.8 Å². The lowest BCUT2D eigenvalue weighted by Gasteiger charge is -2.30. The highest BCUT2D eigenvalue weighted by atomic mass is 79.9. The Morgan fingerprint density at radius 3 is 2.47 bits per heavy atom. The van der Waals surface area contributed by atoms with Crippen molar-refractivity contribution in [3.05, 3.63) is 87.2 Å². The molecule has 0 aliphatic carbocycles. The van der Waals surface area contributed by atoms with Crippen molar-refractivity contribution in [1.29, 1.82) is 0 Å². The Morgan fingerprint density at radius 2 is 1.84 bits per heavy atom. The first kappa shape index (κ1) is 21.7. The number of ketones is 1. The average molecular weight is 502 g/mol. The van der Waals surface area contributed by atoms with Gasteiger partial charge in [-0.2, -0.15) is 0 Å². The molecule has 8 nitrogen and oxygen atoms in total. The zero-order valence-electron chi connectivity index (χ0n) is 16.5. The Hall–Kier alpha value is -3.53. The minimum atomic E-state index is -1.39. The van der Waals surface area contributed by atoms with Gasteiger partial charge in [0.25, 0.3) is 0 Å². The van der Waals surface area contributed by atoms with Crippen LogP contribution in [0, 0.1) is 5.82 Å². The van der Waals surface area contributed by atoms with Gasteiger partial charge in [0.2, 0.25) is 5.78 Å². The summed E-state index contributed by atoms with van der Waals surface area (Å²) in [5.74, 6) is -2.78. The van der Waals surface area contributed by atoms with Crippen LogP contribution in [-0.2, 0) is 24.3 Å². The molecule has 4 rings (SSSR count). The monoisotopic (exact) mass is 501 g/mol. The number of amides is 1. The lowest BCUT2D eigenvalue weighted by atomic mass is 10.0. The Morgan fingerprint density at radius 1 is 1.12 bits per heavy atom. The Bertz CT molecular complexity index is 1230. The molecule has 10 heteroatoms. The molecule has 1 amide bonds. The molecular formula is C22H17BrFN3O5. The Balaban J connectivity index is 1.85. The highest BCUT2D eigenvalue weighted by Crippen LogP contribution is 2.28. The first-order chi connectivity index (χ1) is 15.3. The van der Waals surface area contributed by atoms with Gasteiger partial charge in [0.1, 0.15) is 11.9 Å². The second-order valence-electron chi connectivity index (χ2n) is 7.32. The maximum Gasteiger partial charge on any atom is 0.408 e. The molecule has 0 bridgehead atoms. The van der Waals surface area contributed by atoms with Crippen LogP contribution in [0.25, 0.3) is 0 Å². The number of rotatable bonds is 5. The summed E-state index contributed by atoms with van der Waals surface area (Å²) in [6.07, 6.45) is -1.58. The highest BCUT2D eigenvalue weighted by Gasteiger charge is 2.39. The summed E-state index contributed by atoms with van der Waals surface area (Å²) >= 11 is 3.16. The van der Waals surface area contributed by atoms with E-state index in [1.807, 2.05) is 30.3 Å². The molecule has 1 aliphatic heterocycles. The van der Waals surface area contributed by atoms with E-state index in [-0.39, 0.29) is 30.9 Å². The predicted molar refractivity (Wildman–Crippen MR) is 114 cm³/mol. The molecule has 1 aromatic heterocycles. The van der Waals surface area contributed by atoms with Crippen molar-refractivity contribution in [2.75, 3.05) is 0 Å². The topological polar surface area (TPSA) is 113 Å². The highest BCUT2D eigenvalue weighted by molar-refractivity contribution is 9.10. The van der Waals surface area contributed by atoms with Crippen molar-refractivity contribution in [3.63, 3.8) is 0 Å². The number of nitrogens with zero attached hydrogens (tertiary/aromatic N) is 3. The summed E-state index contributed by atoms with van der Waals surface area (Å²) in [5, 5.41) is 19.0. The fraction of sp³-hybridized carbons (Fsp3) is 0.182. The number of aromatic nitrogens is 2. The summed E-state index contributed by atoms with van der Waals surface area (Å²) in [7, 11) is 0. The molecule has 0 saturated heterocycles. The molecule has 2 aromatic carbocycles. The van der Waals surface area contributed by atoms with Gasteiger partial charge >= 0.3 is 12.1 Å². The number of halogens is 2. The molecule has 32 heavy (non-hydrogen) atoms. The van der Waals surface area contributed by atoms with Gasteiger partial charge in [0, 0.05) is 17.4 Å². The zero-order chi connectivity index (χ0) is 23.0.